The molecule has 0 aliphatic heterocycles. The van der Waals surface area contributed by atoms with Crippen molar-refractivity contribution in [1.82, 2.24) is 4.57 Å². The number of aromatic nitrogens is 1. The third kappa shape index (κ3) is 5.42. The van der Waals surface area contributed by atoms with E-state index < -0.39 is 0 Å². The molecule has 0 N–H and O–H groups in total. The van der Waals surface area contributed by atoms with Crippen LogP contribution in [0.5, 0.6) is 0 Å². The van der Waals surface area contributed by atoms with Crippen LogP contribution in [-0.2, 0) is 0 Å². The molecule has 8 aromatic rings. The van der Waals surface area contributed by atoms with Gasteiger partial charge in [-0.05, 0) is 109 Å². The smallest absolute Gasteiger partial charge is 0.0542 e. The van der Waals surface area contributed by atoms with E-state index in [9.17, 15) is 0 Å². The van der Waals surface area contributed by atoms with Crippen LogP contribution in [0.15, 0.2) is 170 Å². The summed E-state index contributed by atoms with van der Waals surface area (Å²) < 4.78 is 2.36. The van der Waals surface area contributed by atoms with E-state index in [0.717, 1.165) is 39.4 Å². The summed E-state index contributed by atoms with van der Waals surface area (Å²) in [7, 11) is 0. The monoisotopic (exact) mass is 614 g/mol. The van der Waals surface area contributed by atoms with Crippen LogP contribution >= 0.6 is 0 Å². The first kappa shape index (κ1) is 29.1. The second kappa shape index (κ2) is 12.5. The van der Waals surface area contributed by atoms with Gasteiger partial charge in [0.15, 0.2) is 0 Å². The van der Waals surface area contributed by atoms with Crippen molar-refractivity contribution in [2.24, 2.45) is 0 Å². The van der Waals surface area contributed by atoms with Crippen molar-refractivity contribution in [3.05, 3.63) is 192 Å². The lowest BCUT2D eigenvalue weighted by Crippen LogP contribution is -2.10. The lowest BCUT2D eigenvalue weighted by Gasteiger charge is -2.27. The van der Waals surface area contributed by atoms with Crippen molar-refractivity contribution >= 4 is 38.9 Å². The molecule has 0 radical (unpaired) electrons. The fraction of sp³-hybridized carbons (Fsp3) is 0.0435. The van der Waals surface area contributed by atoms with Gasteiger partial charge in [-0.25, -0.2) is 0 Å². The number of fused-ring (bicyclic) bond motifs is 3. The van der Waals surface area contributed by atoms with Gasteiger partial charge in [0.1, 0.15) is 0 Å². The predicted octanol–water partition coefficient (Wildman–Crippen LogP) is 11.9. The van der Waals surface area contributed by atoms with E-state index in [0.29, 0.717) is 0 Å². The topological polar surface area (TPSA) is 8.17 Å². The highest BCUT2D eigenvalue weighted by atomic mass is 15.1. The Labute approximate surface area is 282 Å². The van der Waals surface area contributed by atoms with Gasteiger partial charge in [-0.15, -0.1) is 0 Å². The fourth-order valence-corrected chi connectivity index (χ4v) is 6.62. The zero-order valence-corrected chi connectivity index (χ0v) is 27.1. The first-order valence-electron chi connectivity index (χ1n) is 16.4. The fourth-order valence-electron chi connectivity index (χ4n) is 6.62. The summed E-state index contributed by atoms with van der Waals surface area (Å²) >= 11 is 0. The van der Waals surface area contributed by atoms with Crippen LogP contribution in [0.3, 0.4) is 0 Å². The van der Waals surface area contributed by atoms with Crippen LogP contribution in [0.4, 0.5) is 17.1 Å². The van der Waals surface area contributed by atoms with Gasteiger partial charge in [-0.3, -0.25) is 0 Å². The van der Waals surface area contributed by atoms with Gasteiger partial charge < -0.3 is 9.47 Å². The van der Waals surface area contributed by atoms with E-state index in [-0.39, 0.29) is 0 Å². The maximum absolute atomic E-state index is 3.46. The maximum Gasteiger partial charge on any atom is 0.0542 e. The van der Waals surface area contributed by atoms with E-state index >= 15 is 0 Å². The lowest BCUT2D eigenvalue weighted by molar-refractivity contribution is 1.18. The highest BCUT2D eigenvalue weighted by molar-refractivity contribution is 6.10. The van der Waals surface area contributed by atoms with E-state index in [1.165, 1.54) is 38.5 Å². The zero-order chi connectivity index (χ0) is 32.5. The number of hydrogen-bond acceptors (Lipinski definition) is 1. The van der Waals surface area contributed by atoms with Crippen molar-refractivity contribution in [3.63, 3.8) is 0 Å². The second-order valence-corrected chi connectivity index (χ2v) is 12.2. The average molecular weight is 615 g/mol. The molecule has 228 valence electrons. The minimum atomic E-state index is 1.01. The first-order chi connectivity index (χ1) is 23.6. The molecule has 7 aromatic carbocycles. The van der Waals surface area contributed by atoms with Crippen LogP contribution in [-0.4, -0.2) is 4.57 Å². The predicted molar refractivity (Wildman–Crippen MR) is 203 cm³/mol. The largest absolute Gasteiger partial charge is 0.310 e. The van der Waals surface area contributed by atoms with E-state index in [1.54, 1.807) is 0 Å². The van der Waals surface area contributed by atoms with E-state index in [2.05, 4.69) is 187 Å². The molecule has 1 aromatic heterocycles. The quantitative estimate of drug-likeness (QED) is 0.175. The molecule has 48 heavy (non-hydrogen) atoms. The van der Waals surface area contributed by atoms with Crippen molar-refractivity contribution in [2.75, 3.05) is 4.90 Å². The molecule has 2 heteroatoms. The summed E-state index contributed by atoms with van der Waals surface area (Å²) in [6, 6.07) is 60.4. The van der Waals surface area contributed by atoms with Crippen molar-refractivity contribution in [1.29, 1.82) is 0 Å². The highest BCUT2D eigenvalue weighted by Gasteiger charge is 2.18. The number of nitrogens with zero attached hydrogens (tertiary/aromatic N) is 2. The molecule has 0 saturated heterocycles. The average Bonchev–Trinajstić information content (AvgIpc) is 3.47. The SMILES string of the molecule is Cc1ccc(N(c2ccc(C)c(-c3ccccc3C#Cc3ccccc3)c2)c2ccc3c(c2)c2ccccc2n3-c2ccccc2)cc1. The molecule has 0 bridgehead atoms. The standard InChI is InChI=1S/C46H34N2/c1-33-21-26-38(27-22-33)47(40-29-30-46-44(32-40)42-19-11-12-20-45(42)48(46)37-16-7-4-8-17-37)39-28-23-34(2)43(31-39)41-18-10-9-15-36(41)25-24-35-13-5-3-6-14-35/h3-23,26-32H,1-2H3. The Hall–Kier alpha value is -6.30. The summed E-state index contributed by atoms with van der Waals surface area (Å²) in [4.78, 5) is 2.37. The van der Waals surface area contributed by atoms with Gasteiger partial charge in [-0.2, -0.15) is 0 Å². The highest BCUT2D eigenvalue weighted by Crippen LogP contribution is 2.41. The minimum absolute atomic E-state index is 1.01. The Kier molecular flexibility index (Phi) is 7.57. The molecule has 2 nitrogen and oxygen atoms in total. The number of hydrogen-bond donors (Lipinski definition) is 0. The molecule has 0 amide bonds. The third-order valence-corrected chi connectivity index (χ3v) is 9.03. The number of aryl methyl sites for hydroxylation is 2. The summed E-state index contributed by atoms with van der Waals surface area (Å²) in [6.07, 6.45) is 0. The molecular weight excluding hydrogens is 581 g/mol. The van der Waals surface area contributed by atoms with Crippen LogP contribution in [0.2, 0.25) is 0 Å². The summed E-state index contributed by atoms with van der Waals surface area (Å²) in [5.74, 6) is 6.83. The molecule has 0 spiro atoms. The summed E-state index contributed by atoms with van der Waals surface area (Å²) in [5, 5.41) is 2.45. The normalized spacial score (nSPS) is 11.0. The van der Waals surface area contributed by atoms with Gasteiger partial charge in [0, 0.05) is 44.6 Å². The number of para-hydroxylation sites is 2. The summed E-state index contributed by atoms with van der Waals surface area (Å²) in [6.45, 7) is 4.32. The molecule has 0 saturated carbocycles. The van der Waals surface area contributed by atoms with Gasteiger partial charge >= 0.3 is 0 Å². The van der Waals surface area contributed by atoms with Crippen molar-refractivity contribution in [3.8, 4) is 28.7 Å². The van der Waals surface area contributed by atoms with Crippen molar-refractivity contribution in [2.45, 2.75) is 13.8 Å². The zero-order valence-electron chi connectivity index (χ0n) is 27.1. The lowest BCUT2D eigenvalue weighted by atomic mass is 9.95. The van der Waals surface area contributed by atoms with Gasteiger partial charge in [-0.1, -0.05) is 108 Å². The molecule has 0 unspecified atom stereocenters. The van der Waals surface area contributed by atoms with Crippen LogP contribution in [0.1, 0.15) is 22.3 Å². The van der Waals surface area contributed by atoms with Gasteiger partial charge in [0.05, 0.1) is 11.0 Å². The Bertz CT molecular complexity index is 2460. The molecule has 0 aliphatic rings. The van der Waals surface area contributed by atoms with Crippen LogP contribution in [0.25, 0.3) is 38.6 Å². The van der Waals surface area contributed by atoms with Gasteiger partial charge in [0.2, 0.25) is 0 Å². The van der Waals surface area contributed by atoms with Crippen LogP contribution < -0.4 is 4.90 Å². The van der Waals surface area contributed by atoms with Crippen molar-refractivity contribution < 1.29 is 0 Å². The Morgan fingerprint density at radius 3 is 1.90 bits per heavy atom. The molecule has 0 fully saturated rings. The Morgan fingerprint density at radius 2 is 1.08 bits per heavy atom. The van der Waals surface area contributed by atoms with Gasteiger partial charge in [0.25, 0.3) is 0 Å². The first-order valence-corrected chi connectivity index (χ1v) is 16.4. The second-order valence-electron chi connectivity index (χ2n) is 12.2. The molecule has 1 heterocycles. The Morgan fingerprint density at radius 1 is 0.458 bits per heavy atom. The minimum Gasteiger partial charge on any atom is -0.310 e. The third-order valence-electron chi connectivity index (χ3n) is 9.03. The molecule has 0 atom stereocenters. The van der Waals surface area contributed by atoms with E-state index in [4.69, 9.17) is 0 Å². The number of rotatable bonds is 5. The van der Waals surface area contributed by atoms with Crippen LogP contribution in [0, 0.1) is 25.7 Å². The number of benzene rings is 7. The molecular formula is C46H34N2. The Balaban J connectivity index is 1.30. The molecule has 8 rings (SSSR count). The maximum atomic E-state index is 3.46. The number of anilines is 3. The van der Waals surface area contributed by atoms with E-state index in [1.807, 2.05) is 18.2 Å². The summed E-state index contributed by atoms with van der Waals surface area (Å²) in [5.41, 5.74) is 13.6. The molecule has 0 aliphatic carbocycles.